The molecular weight excluding hydrogens is 355 g/mol. The molecule has 4 saturated heterocycles. The molecule has 1 spiro atoms. The second-order valence-corrected chi connectivity index (χ2v) is 7.96. The number of carboxylic acid groups (broad SMARTS) is 1. The van der Waals surface area contributed by atoms with Crippen LogP contribution in [-0.2, 0) is 28.8 Å². The van der Waals surface area contributed by atoms with Crippen molar-refractivity contribution in [3.8, 4) is 0 Å². The summed E-state index contributed by atoms with van der Waals surface area (Å²) in [5.74, 6) is -1.20. The van der Waals surface area contributed by atoms with Crippen LogP contribution in [0, 0.1) is 23.7 Å². The molecule has 0 unspecified atom stereocenters. The van der Waals surface area contributed by atoms with Gasteiger partial charge in [0, 0.05) is 18.3 Å². The van der Waals surface area contributed by atoms with E-state index in [1.807, 2.05) is 13.8 Å². The minimum atomic E-state index is -1.25. The molecule has 1 saturated carbocycles. The molecule has 8 atom stereocenters. The van der Waals surface area contributed by atoms with Crippen LogP contribution in [0.4, 0.5) is 0 Å². The Labute approximate surface area is 190 Å². The first kappa shape index (κ1) is 20.6. The first-order chi connectivity index (χ1) is 11.4. The van der Waals surface area contributed by atoms with Crippen LogP contribution in [0.25, 0.3) is 0 Å². The van der Waals surface area contributed by atoms with E-state index < -0.39 is 36.5 Å². The van der Waals surface area contributed by atoms with Crippen LogP contribution in [0.1, 0.15) is 46.5 Å². The molecule has 5 rings (SSSR count). The Kier molecular flexibility index (Phi) is 6.09. The first-order valence-corrected chi connectivity index (χ1v) is 8.87. The monoisotopic (exact) mass is 380 g/mol. The molecule has 0 N–H and O–H groups in total. The van der Waals surface area contributed by atoms with Crippen molar-refractivity contribution in [2.75, 3.05) is 6.61 Å². The van der Waals surface area contributed by atoms with Crippen LogP contribution in [0.2, 0.25) is 0 Å². The van der Waals surface area contributed by atoms with Crippen molar-refractivity contribution >= 4 is 5.97 Å². The van der Waals surface area contributed by atoms with Gasteiger partial charge in [0.25, 0.3) is 0 Å². The standard InChI is InChI=1S/C17H26O7.K/c1-9-4-5-12-10(2)14(20-8-13(18)19)21-15-17(12)11(9)6-7-16(3,22-15)23-24-17;/h9-12,14-15H,4-8H2,1-3H3,(H,18,19);/q;+1/p-1/t9-,10-,11+,12+,14+,15-,16+,17-;/m1./s1. The van der Waals surface area contributed by atoms with E-state index in [1.165, 1.54) is 0 Å². The Morgan fingerprint density at radius 1 is 1.20 bits per heavy atom. The number of carbonyl (C=O) groups excluding carboxylic acids is 1. The number of hydrogen-bond acceptors (Lipinski definition) is 7. The molecule has 1 aliphatic carbocycles. The van der Waals surface area contributed by atoms with E-state index in [-0.39, 0.29) is 69.1 Å². The molecule has 0 amide bonds. The van der Waals surface area contributed by atoms with Crippen molar-refractivity contribution in [2.45, 2.75) is 70.4 Å². The fraction of sp³-hybridized carbons (Fsp3) is 0.941. The van der Waals surface area contributed by atoms with Gasteiger partial charge in [-0.3, -0.25) is 0 Å². The normalized spacial score (nSPS) is 51.2. The van der Waals surface area contributed by atoms with E-state index in [1.54, 1.807) is 0 Å². The quantitative estimate of drug-likeness (QED) is 0.412. The van der Waals surface area contributed by atoms with Crippen LogP contribution in [0.3, 0.4) is 0 Å². The van der Waals surface area contributed by atoms with Crippen molar-refractivity contribution in [1.29, 1.82) is 0 Å². The summed E-state index contributed by atoms with van der Waals surface area (Å²) in [5.41, 5.74) is -0.644. The minimum absolute atomic E-state index is 0. The number of fused-ring (bicyclic) bond motifs is 2. The molecule has 136 valence electrons. The molecule has 2 bridgehead atoms. The van der Waals surface area contributed by atoms with Gasteiger partial charge in [0.15, 0.2) is 18.2 Å². The summed E-state index contributed by atoms with van der Waals surface area (Å²) in [6.07, 6.45) is 2.50. The van der Waals surface area contributed by atoms with E-state index in [4.69, 9.17) is 24.0 Å². The van der Waals surface area contributed by atoms with Crippen molar-refractivity contribution in [1.82, 2.24) is 0 Å². The molecule has 4 aliphatic heterocycles. The minimum Gasteiger partial charge on any atom is -0.548 e. The van der Waals surface area contributed by atoms with Gasteiger partial charge in [-0.2, -0.15) is 0 Å². The van der Waals surface area contributed by atoms with Gasteiger partial charge in [0.05, 0.1) is 12.6 Å². The summed E-state index contributed by atoms with van der Waals surface area (Å²) in [6, 6.07) is 0. The molecule has 4 heterocycles. The fourth-order valence-corrected chi connectivity index (χ4v) is 5.21. The third-order valence-corrected chi connectivity index (χ3v) is 6.46. The van der Waals surface area contributed by atoms with Crippen molar-refractivity contribution in [3.63, 3.8) is 0 Å². The van der Waals surface area contributed by atoms with Gasteiger partial charge >= 0.3 is 51.4 Å². The first-order valence-electron chi connectivity index (χ1n) is 8.87. The summed E-state index contributed by atoms with van der Waals surface area (Å²) in [4.78, 5) is 22.5. The van der Waals surface area contributed by atoms with Gasteiger partial charge in [-0.05, 0) is 38.0 Å². The number of ether oxygens (including phenoxy) is 3. The predicted molar refractivity (Wildman–Crippen MR) is 77.8 cm³/mol. The molecule has 0 aromatic heterocycles. The Balaban J connectivity index is 0.00000182. The number of aliphatic carboxylic acids is 1. The van der Waals surface area contributed by atoms with Gasteiger partial charge in [-0.1, -0.05) is 13.8 Å². The molecule has 5 fully saturated rings. The van der Waals surface area contributed by atoms with E-state index in [0.717, 1.165) is 25.7 Å². The molecule has 7 nitrogen and oxygen atoms in total. The van der Waals surface area contributed by atoms with E-state index in [0.29, 0.717) is 5.92 Å². The summed E-state index contributed by atoms with van der Waals surface area (Å²) in [6.45, 7) is 5.64. The molecule has 0 aromatic rings. The Bertz CT molecular complexity index is 531. The maximum absolute atomic E-state index is 10.8. The number of hydrogen-bond donors (Lipinski definition) is 0. The SMILES string of the molecule is C[C@H]1[C@@H](OCC(=O)[O-])O[C@@H]2O[C@]3(C)CC[C@H]4[C@H](C)CC[C@@H]1[C@@]24OO3.[K+]. The Morgan fingerprint density at radius 2 is 1.96 bits per heavy atom. The van der Waals surface area contributed by atoms with Crippen molar-refractivity contribution < 1.29 is 85.3 Å². The predicted octanol–water partition coefficient (Wildman–Crippen LogP) is -2.04. The maximum atomic E-state index is 10.8. The second kappa shape index (κ2) is 7.38. The second-order valence-electron chi connectivity index (χ2n) is 7.96. The van der Waals surface area contributed by atoms with E-state index in [2.05, 4.69) is 6.92 Å². The van der Waals surface area contributed by atoms with Crippen LogP contribution in [0.5, 0.6) is 0 Å². The third-order valence-electron chi connectivity index (χ3n) is 6.46. The summed E-state index contributed by atoms with van der Waals surface area (Å²) < 4.78 is 17.7. The molecule has 0 aromatic carbocycles. The summed E-state index contributed by atoms with van der Waals surface area (Å²) >= 11 is 0. The summed E-state index contributed by atoms with van der Waals surface area (Å²) in [7, 11) is 0. The zero-order valence-corrected chi connectivity index (χ0v) is 18.5. The third kappa shape index (κ3) is 3.30. The zero-order chi connectivity index (χ0) is 17.1. The van der Waals surface area contributed by atoms with Gasteiger partial charge in [-0.25, -0.2) is 9.78 Å². The molecule has 25 heavy (non-hydrogen) atoms. The van der Waals surface area contributed by atoms with Gasteiger partial charge in [0.1, 0.15) is 0 Å². The topological polar surface area (TPSA) is 86.3 Å². The zero-order valence-electron chi connectivity index (χ0n) is 15.4. The van der Waals surface area contributed by atoms with Crippen molar-refractivity contribution in [3.05, 3.63) is 0 Å². The van der Waals surface area contributed by atoms with Crippen LogP contribution >= 0.6 is 0 Å². The molecule has 0 radical (unpaired) electrons. The van der Waals surface area contributed by atoms with Crippen LogP contribution in [0.15, 0.2) is 0 Å². The average Bonchev–Trinajstić information content (AvgIpc) is 2.76. The molecule has 5 aliphatic rings. The number of carbonyl (C=O) groups is 1. The number of rotatable bonds is 3. The Morgan fingerprint density at radius 3 is 2.68 bits per heavy atom. The Hall–Kier alpha value is 0.906. The fourth-order valence-electron chi connectivity index (χ4n) is 5.21. The molecular formula is C17H25KO7. The van der Waals surface area contributed by atoms with Gasteiger partial charge in [-0.15, -0.1) is 0 Å². The van der Waals surface area contributed by atoms with Crippen LogP contribution in [-0.4, -0.2) is 36.5 Å². The van der Waals surface area contributed by atoms with Gasteiger partial charge < -0.3 is 24.1 Å². The van der Waals surface area contributed by atoms with E-state index in [9.17, 15) is 9.90 Å². The average molecular weight is 380 g/mol. The smallest absolute Gasteiger partial charge is 0.548 e. The van der Waals surface area contributed by atoms with Crippen molar-refractivity contribution in [2.24, 2.45) is 23.7 Å². The van der Waals surface area contributed by atoms with Crippen LogP contribution < -0.4 is 56.5 Å². The van der Waals surface area contributed by atoms with Gasteiger partial charge in [0.2, 0.25) is 5.79 Å². The largest absolute Gasteiger partial charge is 1.00 e. The number of carboxylic acids is 1. The maximum Gasteiger partial charge on any atom is 1.00 e. The van der Waals surface area contributed by atoms with E-state index >= 15 is 0 Å². The molecule has 8 heteroatoms. The summed E-state index contributed by atoms with van der Waals surface area (Å²) in [5, 5.41) is 10.8.